The van der Waals surface area contributed by atoms with Crippen molar-refractivity contribution in [2.24, 2.45) is 0 Å². The highest BCUT2D eigenvalue weighted by molar-refractivity contribution is 5.35. The van der Waals surface area contributed by atoms with Crippen LogP contribution >= 0.6 is 0 Å². The Labute approximate surface area is 115 Å². The summed E-state index contributed by atoms with van der Waals surface area (Å²) >= 11 is 0. The standard InChI is InChI=1S/C16H22O3/c1-14(2)19-12-11-18-13-16-8-6-15(7-9-16)5-3-4-10-17/h6-9,14,17H,4,10-13H2,1-2H3. The summed E-state index contributed by atoms with van der Waals surface area (Å²) in [5.41, 5.74) is 2.08. The molecule has 1 aromatic rings. The third-order valence-electron chi connectivity index (χ3n) is 2.37. The monoisotopic (exact) mass is 262 g/mol. The topological polar surface area (TPSA) is 38.7 Å². The zero-order valence-electron chi connectivity index (χ0n) is 11.7. The van der Waals surface area contributed by atoms with Gasteiger partial charge in [-0.25, -0.2) is 0 Å². The molecule has 0 atom stereocenters. The van der Waals surface area contributed by atoms with Gasteiger partial charge in [-0.05, 0) is 31.5 Å². The lowest BCUT2D eigenvalue weighted by Gasteiger charge is -2.08. The van der Waals surface area contributed by atoms with Gasteiger partial charge in [-0.3, -0.25) is 0 Å². The van der Waals surface area contributed by atoms with Crippen LogP contribution in [0.4, 0.5) is 0 Å². The Hall–Kier alpha value is -1.34. The number of aliphatic hydroxyl groups is 1. The Balaban J connectivity index is 2.27. The molecule has 0 spiro atoms. The van der Waals surface area contributed by atoms with Gasteiger partial charge >= 0.3 is 0 Å². The number of rotatable bonds is 7. The van der Waals surface area contributed by atoms with E-state index in [4.69, 9.17) is 14.6 Å². The van der Waals surface area contributed by atoms with Gasteiger partial charge < -0.3 is 14.6 Å². The van der Waals surface area contributed by atoms with Crippen molar-refractivity contribution in [3.05, 3.63) is 35.4 Å². The van der Waals surface area contributed by atoms with Crippen molar-refractivity contribution in [2.75, 3.05) is 19.8 Å². The number of hydrogen-bond acceptors (Lipinski definition) is 3. The highest BCUT2D eigenvalue weighted by Crippen LogP contribution is 2.05. The lowest BCUT2D eigenvalue weighted by atomic mass is 10.1. The minimum Gasteiger partial charge on any atom is -0.395 e. The average molecular weight is 262 g/mol. The Morgan fingerprint density at radius 1 is 1.16 bits per heavy atom. The van der Waals surface area contributed by atoms with Crippen molar-refractivity contribution in [3.63, 3.8) is 0 Å². The third kappa shape index (κ3) is 7.63. The maximum Gasteiger partial charge on any atom is 0.0718 e. The predicted octanol–water partition coefficient (Wildman–Crippen LogP) is 2.36. The van der Waals surface area contributed by atoms with Gasteiger partial charge in [-0.2, -0.15) is 0 Å². The van der Waals surface area contributed by atoms with E-state index in [9.17, 15) is 0 Å². The molecule has 0 bridgehead atoms. The molecule has 0 fully saturated rings. The first kappa shape index (κ1) is 15.7. The minimum absolute atomic E-state index is 0.109. The maximum atomic E-state index is 8.63. The number of hydrogen-bond donors (Lipinski definition) is 1. The normalized spacial score (nSPS) is 10.3. The van der Waals surface area contributed by atoms with E-state index in [2.05, 4.69) is 11.8 Å². The van der Waals surface area contributed by atoms with Gasteiger partial charge in [-0.1, -0.05) is 24.0 Å². The molecule has 0 heterocycles. The van der Waals surface area contributed by atoms with Crippen molar-refractivity contribution in [3.8, 4) is 11.8 Å². The number of benzene rings is 1. The van der Waals surface area contributed by atoms with Crippen molar-refractivity contribution >= 4 is 0 Å². The van der Waals surface area contributed by atoms with Crippen LogP contribution in [0.25, 0.3) is 0 Å². The van der Waals surface area contributed by atoms with E-state index >= 15 is 0 Å². The first-order valence-corrected chi connectivity index (χ1v) is 6.60. The van der Waals surface area contributed by atoms with Crippen molar-refractivity contribution in [2.45, 2.75) is 33.0 Å². The van der Waals surface area contributed by atoms with Crippen molar-refractivity contribution in [1.82, 2.24) is 0 Å². The average Bonchev–Trinajstić information content (AvgIpc) is 2.40. The van der Waals surface area contributed by atoms with Gasteiger partial charge in [0.1, 0.15) is 0 Å². The second-order valence-electron chi connectivity index (χ2n) is 4.44. The highest BCUT2D eigenvalue weighted by Gasteiger charge is 1.95. The Kier molecular flexibility index (Phi) is 7.92. The molecule has 3 heteroatoms. The molecule has 3 nitrogen and oxygen atoms in total. The largest absolute Gasteiger partial charge is 0.395 e. The molecule has 1 N–H and O–H groups in total. The quantitative estimate of drug-likeness (QED) is 0.605. The second kappa shape index (κ2) is 9.57. The van der Waals surface area contributed by atoms with Crippen LogP contribution in [0.5, 0.6) is 0 Å². The fraction of sp³-hybridized carbons (Fsp3) is 0.500. The molecule has 104 valence electrons. The summed E-state index contributed by atoms with van der Waals surface area (Å²) in [4.78, 5) is 0. The lowest BCUT2D eigenvalue weighted by molar-refractivity contribution is 0.0143. The minimum atomic E-state index is 0.109. The summed E-state index contributed by atoms with van der Waals surface area (Å²) in [6, 6.07) is 7.94. The summed E-state index contributed by atoms with van der Waals surface area (Å²) in [7, 11) is 0. The maximum absolute atomic E-state index is 8.63. The van der Waals surface area contributed by atoms with Crippen LogP contribution in [0.1, 0.15) is 31.4 Å². The molecule has 0 unspecified atom stereocenters. The summed E-state index contributed by atoms with van der Waals surface area (Å²) in [6.45, 7) is 5.95. The van der Waals surface area contributed by atoms with Crippen LogP contribution < -0.4 is 0 Å². The Bertz CT molecular complexity index is 398. The summed E-state index contributed by atoms with van der Waals surface area (Å²) in [5, 5.41) is 8.63. The third-order valence-corrected chi connectivity index (χ3v) is 2.37. The Morgan fingerprint density at radius 2 is 1.89 bits per heavy atom. The van der Waals surface area contributed by atoms with E-state index in [0.29, 0.717) is 26.2 Å². The van der Waals surface area contributed by atoms with Crippen LogP contribution in [-0.2, 0) is 16.1 Å². The van der Waals surface area contributed by atoms with E-state index in [1.54, 1.807) is 0 Å². The van der Waals surface area contributed by atoms with Crippen molar-refractivity contribution < 1.29 is 14.6 Å². The van der Waals surface area contributed by atoms with E-state index in [-0.39, 0.29) is 12.7 Å². The predicted molar refractivity (Wildman–Crippen MR) is 75.8 cm³/mol. The molecular formula is C16H22O3. The van der Waals surface area contributed by atoms with Crippen LogP contribution in [0.3, 0.4) is 0 Å². The van der Waals surface area contributed by atoms with Crippen LogP contribution in [-0.4, -0.2) is 31.0 Å². The molecule has 0 aliphatic carbocycles. The van der Waals surface area contributed by atoms with E-state index in [0.717, 1.165) is 11.1 Å². The zero-order chi connectivity index (χ0) is 13.9. The van der Waals surface area contributed by atoms with E-state index in [1.807, 2.05) is 38.1 Å². The fourth-order valence-electron chi connectivity index (χ4n) is 1.44. The summed E-state index contributed by atoms with van der Waals surface area (Å²) < 4.78 is 10.9. The first-order chi connectivity index (χ1) is 9.22. The molecule has 19 heavy (non-hydrogen) atoms. The molecule has 0 amide bonds. The molecule has 0 aliphatic heterocycles. The van der Waals surface area contributed by atoms with Gasteiger partial charge in [0.25, 0.3) is 0 Å². The molecule has 1 aromatic carbocycles. The lowest BCUT2D eigenvalue weighted by Crippen LogP contribution is -2.09. The smallest absolute Gasteiger partial charge is 0.0718 e. The molecule has 0 saturated carbocycles. The van der Waals surface area contributed by atoms with Gasteiger partial charge in [0, 0.05) is 12.0 Å². The van der Waals surface area contributed by atoms with Crippen LogP contribution in [0, 0.1) is 11.8 Å². The molecule has 0 aromatic heterocycles. The Morgan fingerprint density at radius 3 is 2.53 bits per heavy atom. The van der Waals surface area contributed by atoms with Crippen LogP contribution in [0.2, 0.25) is 0 Å². The van der Waals surface area contributed by atoms with Gasteiger partial charge in [0.15, 0.2) is 0 Å². The SMILES string of the molecule is CC(C)OCCOCc1ccc(C#CCCO)cc1. The summed E-state index contributed by atoms with van der Waals surface area (Å²) in [6.07, 6.45) is 0.765. The molecular weight excluding hydrogens is 240 g/mol. The molecule has 0 saturated heterocycles. The molecule has 0 aliphatic rings. The molecule has 0 radical (unpaired) electrons. The van der Waals surface area contributed by atoms with Gasteiger partial charge in [0.05, 0.1) is 32.5 Å². The van der Waals surface area contributed by atoms with Gasteiger partial charge in [-0.15, -0.1) is 0 Å². The number of aliphatic hydroxyl groups excluding tert-OH is 1. The van der Waals surface area contributed by atoms with E-state index < -0.39 is 0 Å². The number of ether oxygens (including phenoxy) is 2. The highest BCUT2D eigenvalue weighted by atomic mass is 16.5. The van der Waals surface area contributed by atoms with Crippen LogP contribution in [0.15, 0.2) is 24.3 Å². The van der Waals surface area contributed by atoms with Gasteiger partial charge in [0.2, 0.25) is 0 Å². The molecule has 1 rings (SSSR count). The van der Waals surface area contributed by atoms with Crippen molar-refractivity contribution in [1.29, 1.82) is 0 Å². The fourth-order valence-corrected chi connectivity index (χ4v) is 1.44. The zero-order valence-corrected chi connectivity index (χ0v) is 11.7. The first-order valence-electron chi connectivity index (χ1n) is 6.60. The second-order valence-corrected chi connectivity index (χ2v) is 4.44. The summed E-state index contributed by atoms with van der Waals surface area (Å²) in [5.74, 6) is 5.88. The van der Waals surface area contributed by atoms with E-state index in [1.165, 1.54) is 0 Å².